The van der Waals surface area contributed by atoms with Crippen LogP contribution < -0.4 is 0 Å². The minimum atomic E-state index is -0.467. The Morgan fingerprint density at radius 3 is 2.52 bits per heavy atom. The third kappa shape index (κ3) is 2.92. The van der Waals surface area contributed by atoms with Crippen molar-refractivity contribution < 1.29 is 9.59 Å². The lowest BCUT2D eigenvalue weighted by Gasteiger charge is -2.13. The first-order valence-corrected chi connectivity index (χ1v) is 7.58. The molecule has 1 aromatic heterocycles. The van der Waals surface area contributed by atoms with Crippen LogP contribution in [-0.2, 0) is 17.8 Å². The van der Waals surface area contributed by atoms with E-state index in [1.807, 2.05) is 48.0 Å². The minimum absolute atomic E-state index is 0.272. The van der Waals surface area contributed by atoms with E-state index in [1.54, 1.807) is 11.3 Å². The molecule has 0 N–H and O–H groups in total. The third-order valence-electron chi connectivity index (χ3n) is 3.37. The zero-order valence-electron chi connectivity index (χ0n) is 11.6. The van der Waals surface area contributed by atoms with E-state index in [1.165, 1.54) is 4.90 Å². The maximum absolute atomic E-state index is 12.3. The first-order valence-electron chi connectivity index (χ1n) is 6.63. The Morgan fingerprint density at radius 2 is 1.86 bits per heavy atom. The van der Waals surface area contributed by atoms with Crippen LogP contribution in [0.4, 0.5) is 4.79 Å². The molecule has 0 spiro atoms. The van der Waals surface area contributed by atoms with Crippen molar-refractivity contribution in [1.29, 1.82) is 0 Å². The number of amides is 3. The van der Waals surface area contributed by atoms with Crippen LogP contribution in [0.25, 0.3) is 0 Å². The van der Waals surface area contributed by atoms with Gasteiger partial charge in [-0.1, -0.05) is 29.8 Å². The second-order valence-electron chi connectivity index (χ2n) is 5.03. The van der Waals surface area contributed by atoms with Gasteiger partial charge < -0.3 is 0 Å². The van der Waals surface area contributed by atoms with Gasteiger partial charge in [0.1, 0.15) is 5.71 Å². The summed E-state index contributed by atoms with van der Waals surface area (Å²) in [4.78, 5) is 29.3. The molecule has 2 heterocycles. The fourth-order valence-corrected chi connectivity index (χ4v) is 2.85. The molecule has 4 nitrogen and oxygen atoms in total. The number of thiophene rings is 1. The van der Waals surface area contributed by atoms with Gasteiger partial charge in [0.2, 0.25) is 0 Å². The normalized spacial score (nSPS) is 14.7. The second-order valence-corrected chi connectivity index (χ2v) is 5.81. The van der Waals surface area contributed by atoms with Crippen molar-refractivity contribution in [2.45, 2.75) is 19.9 Å². The number of benzene rings is 1. The van der Waals surface area contributed by atoms with E-state index in [9.17, 15) is 9.59 Å². The van der Waals surface area contributed by atoms with E-state index in [0.717, 1.165) is 16.7 Å². The fraction of sp³-hybridized carbons (Fsp3) is 0.188. The zero-order valence-corrected chi connectivity index (χ0v) is 12.4. The average molecular weight is 298 g/mol. The van der Waals surface area contributed by atoms with Crippen LogP contribution in [0.3, 0.4) is 0 Å². The molecule has 1 aliphatic rings. The second kappa shape index (κ2) is 5.61. The number of urea groups is 1. The molecule has 5 heteroatoms. The van der Waals surface area contributed by atoms with Crippen LogP contribution in [0.2, 0.25) is 0 Å². The highest BCUT2D eigenvalue weighted by atomic mass is 32.1. The summed E-state index contributed by atoms with van der Waals surface area (Å²) in [6.45, 7) is 2.27. The number of hydrogen-bond donors (Lipinski definition) is 0. The standard InChI is InChI=1S/C16H14N2O2S/c1-11-2-4-12(5-3-11)9-18-15(19)14(17-16(18)20)8-13-6-7-21-10-13/h2-7,10H,8-9H2,1H3. The smallest absolute Gasteiger partial charge is 0.267 e. The third-order valence-corrected chi connectivity index (χ3v) is 4.10. The Hall–Kier alpha value is -2.27. The van der Waals surface area contributed by atoms with Gasteiger partial charge in [0.05, 0.1) is 6.54 Å². The molecule has 0 unspecified atom stereocenters. The van der Waals surface area contributed by atoms with Crippen LogP contribution in [-0.4, -0.2) is 22.5 Å². The molecule has 0 radical (unpaired) electrons. The summed E-state index contributed by atoms with van der Waals surface area (Å²) in [6, 6.07) is 9.25. The zero-order chi connectivity index (χ0) is 14.8. The molecule has 0 aliphatic carbocycles. The molecular weight excluding hydrogens is 284 g/mol. The molecule has 21 heavy (non-hydrogen) atoms. The topological polar surface area (TPSA) is 49.7 Å². The number of carbonyl (C=O) groups is 2. The number of carbonyl (C=O) groups excluding carboxylic acids is 2. The first-order chi connectivity index (χ1) is 10.1. The van der Waals surface area contributed by atoms with Gasteiger partial charge in [0, 0.05) is 6.42 Å². The Labute approximate surface area is 126 Å². The lowest BCUT2D eigenvalue weighted by molar-refractivity contribution is -0.121. The van der Waals surface area contributed by atoms with E-state index in [2.05, 4.69) is 4.99 Å². The average Bonchev–Trinajstić information content (AvgIpc) is 3.06. The first kappa shape index (κ1) is 13.7. The van der Waals surface area contributed by atoms with Crippen molar-refractivity contribution in [3.63, 3.8) is 0 Å². The maximum atomic E-state index is 12.3. The van der Waals surface area contributed by atoms with Crippen molar-refractivity contribution in [3.8, 4) is 0 Å². The molecule has 0 saturated heterocycles. The van der Waals surface area contributed by atoms with Gasteiger partial charge >= 0.3 is 6.03 Å². The molecule has 0 atom stereocenters. The van der Waals surface area contributed by atoms with E-state index in [-0.39, 0.29) is 12.5 Å². The Balaban J connectivity index is 1.72. The molecule has 3 rings (SSSR count). The van der Waals surface area contributed by atoms with E-state index in [0.29, 0.717) is 12.1 Å². The summed E-state index contributed by atoms with van der Waals surface area (Å²) in [6.07, 6.45) is 0.415. The Bertz CT molecular complexity index is 702. The van der Waals surface area contributed by atoms with E-state index >= 15 is 0 Å². The summed E-state index contributed by atoms with van der Waals surface area (Å²) < 4.78 is 0. The van der Waals surface area contributed by atoms with Gasteiger partial charge in [-0.3, -0.25) is 9.69 Å². The van der Waals surface area contributed by atoms with Gasteiger partial charge in [-0.25, -0.2) is 4.79 Å². The fourth-order valence-electron chi connectivity index (χ4n) is 2.18. The molecular formula is C16H14N2O2S. The molecule has 2 aromatic rings. The van der Waals surface area contributed by atoms with Crippen LogP contribution in [0.5, 0.6) is 0 Å². The molecule has 3 amide bonds. The number of rotatable bonds is 4. The SMILES string of the molecule is Cc1ccc(CN2C(=O)N=C(Cc3ccsc3)C2=O)cc1. The number of aryl methyl sites for hydroxylation is 1. The van der Waals surface area contributed by atoms with Crippen molar-refractivity contribution >= 4 is 29.0 Å². The van der Waals surface area contributed by atoms with Gasteiger partial charge in [-0.05, 0) is 34.9 Å². The van der Waals surface area contributed by atoms with Gasteiger partial charge in [0.25, 0.3) is 5.91 Å². The number of nitrogens with zero attached hydrogens (tertiary/aromatic N) is 2. The summed E-state index contributed by atoms with van der Waals surface area (Å²) in [5, 5.41) is 3.91. The summed E-state index contributed by atoms with van der Waals surface area (Å²) in [5.41, 5.74) is 3.41. The quantitative estimate of drug-likeness (QED) is 0.870. The molecule has 0 bridgehead atoms. The molecule has 0 fully saturated rings. The highest BCUT2D eigenvalue weighted by Gasteiger charge is 2.32. The summed E-state index contributed by atoms with van der Waals surface area (Å²) >= 11 is 1.56. The highest BCUT2D eigenvalue weighted by molar-refractivity contribution is 7.08. The predicted molar refractivity (Wildman–Crippen MR) is 82.6 cm³/mol. The van der Waals surface area contributed by atoms with Gasteiger partial charge in [-0.15, -0.1) is 0 Å². The predicted octanol–water partition coefficient (Wildman–Crippen LogP) is 3.20. The number of hydrogen-bond acceptors (Lipinski definition) is 3. The molecule has 106 valence electrons. The van der Waals surface area contributed by atoms with Gasteiger partial charge in [-0.2, -0.15) is 16.3 Å². The van der Waals surface area contributed by atoms with Crippen LogP contribution in [0.15, 0.2) is 46.1 Å². The minimum Gasteiger partial charge on any atom is -0.267 e. The lowest BCUT2D eigenvalue weighted by atomic mass is 10.1. The maximum Gasteiger partial charge on any atom is 0.351 e. The van der Waals surface area contributed by atoms with Crippen LogP contribution >= 0.6 is 11.3 Å². The monoisotopic (exact) mass is 298 g/mol. The van der Waals surface area contributed by atoms with Crippen molar-refractivity contribution in [2.75, 3.05) is 0 Å². The van der Waals surface area contributed by atoms with E-state index in [4.69, 9.17) is 0 Å². The summed E-state index contributed by atoms with van der Waals surface area (Å²) in [5.74, 6) is -0.285. The largest absolute Gasteiger partial charge is 0.351 e. The Morgan fingerprint density at radius 1 is 1.10 bits per heavy atom. The van der Waals surface area contributed by atoms with E-state index < -0.39 is 6.03 Å². The lowest BCUT2D eigenvalue weighted by Crippen LogP contribution is -2.32. The number of aliphatic imine (C=N–C) groups is 1. The number of imide groups is 1. The molecule has 1 aliphatic heterocycles. The van der Waals surface area contributed by atoms with Crippen LogP contribution in [0.1, 0.15) is 16.7 Å². The van der Waals surface area contributed by atoms with Crippen molar-refractivity contribution in [3.05, 3.63) is 57.8 Å². The van der Waals surface area contributed by atoms with Crippen LogP contribution in [0, 0.1) is 6.92 Å². The van der Waals surface area contributed by atoms with Gasteiger partial charge in [0.15, 0.2) is 0 Å². The summed E-state index contributed by atoms with van der Waals surface area (Å²) in [7, 11) is 0. The Kier molecular flexibility index (Phi) is 3.66. The van der Waals surface area contributed by atoms with Crippen molar-refractivity contribution in [1.82, 2.24) is 4.90 Å². The van der Waals surface area contributed by atoms with Crippen molar-refractivity contribution in [2.24, 2.45) is 4.99 Å². The molecule has 0 saturated carbocycles. The molecule has 1 aromatic carbocycles. The highest BCUT2D eigenvalue weighted by Crippen LogP contribution is 2.16.